The number of ether oxygens (including phenoxy) is 1. The van der Waals surface area contributed by atoms with Crippen molar-refractivity contribution < 1.29 is 9.84 Å². The largest absolute Gasteiger partial charge is 0.508 e. The maximum atomic E-state index is 9.61. The zero-order valence-corrected chi connectivity index (χ0v) is 12.1. The van der Waals surface area contributed by atoms with Crippen LogP contribution in [0, 0.1) is 0 Å². The van der Waals surface area contributed by atoms with Crippen molar-refractivity contribution in [1.82, 2.24) is 9.97 Å². The van der Waals surface area contributed by atoms with Gasteiger partial charge in [-0.1, -0.05) is 6.07 Å². The predicted octanol–water partition coefficient (Wildman–Crippen LogP) is 2.19. The Labute approximate surface area is 124 Å². The first kappa shape index (κ1) is 13.7. The monoisotopic (exact) mass is 285 g/mol. The average molecular weight is 285 g/mol. The molecule has 0 atom stereocenters. The Balaban J connectivity index is 1.78. The number of nitrogens with zero attached hydrogens (tertiary/aromatic N) is 3. The lowest BCUT2D eigenvalue weighted by molar-refractivity contribution is 0.326. The van der Waals surface area contributed by atoms with Crippen molar-refractivity contribution in [2.45, 2.75) is 19.8 Å². The van der Waals surface area contributed by atoms with E-state index in [1.165, 1.54) is 11.1 Å². The van der Waals surface area contributed by atoms with Crippen LogP contribution in [-0.2, 0) is 12.8 Å². The molecule has 110 valence electrons. The molecule has 1 aromatic heterocycles. The summed E-state index contributed by atoms with van der Waals surface area (Å²) in [5.41, 5.74) is 2.52. The van der Waals surface area contributed by atoms with E-state index in [0.29, 0.717) is 18.2 Å². The Morgan fingerprint density at radius 2 is 1.95 bits per heavy atom. The van der Waals surface area contributed by atoms with E-state index in [9.17, 15) is 5.11 Å². The SMILES string of the molecule is CCOc1cc(N2CCc3ccc(O)cc3CC2)ncn1. The molecule has 0 fully saturated rings. The van der Waals surface area contributed by atoms with Crippen LogP contribution in [0.5, 0.6) is 11.6 Å². The Hall–Kier alpha value is -2.30. The molecule has 0 aliphatic carbocycles. The molecule has 5 nitrogen and oxygen atoms in total. The minimum atomic E-state index is 0.336. The van der Waals surface area contributed by atoms with Crippen LogP contribution in [0.1, 0.15) is 18.1 Å². The van der Waals surface area contributed by atoms with Crippen molar-refractivity contribution in [1.29, 1.82) is 0 Å². The van der Waals surface area contributed by atoms with Gasteiger partial charge in [0.2, 0.25) is 5.88 Å². The summed E-state index contributed by atoms with van der Waals surface area (Å²) < 4.78 is 5.44. The van der Waals surface area contributed by atoms with Gasteiger partial charge >= 0.3 is 0 Å². The first-order chi connectivity index (χ1) is 10.3. The molecular formula is C16H19N3O2. The van der Waals surface area contributed by atoms with E-state index in [1.807, 2.05) is 25.1 Å². The first-order valence-corrected chi connectivity index (χ1v) is 7.27. The maximum absolute atomic E-state index is 9.61. The van der Waals surface area contributed by atoms with Gasteiger partial charge in [-0.05, 0) is 43.0 Å². The quantitative estimate of drug-likeness (QED) is 0.936. The third-order valence-electron chi connectivity index (χ3n) is 3.74. The Morgan fingerprint density at radius 3 is 2.76 bits per heavy atom. The molecule has 3 rings (SSSR count). The number of hydrogen-bond acceptors (Lipinski definition) is 5. The molecule has 0 spiro atoms. The number of hydrogen-bond donors (Lipinski definition) is 1. The number of aromatic hydroxyl groups is 1. The molecule has 0 bridgehead atoms. The summed E-state index contributed by atoms with van der Waals surface area (Å²) in [5, 5.41) is 9.61. The van der Waals surface area contributed by atoms with Crippen LogP contribution in [0.2, 0.25) is 0 Å². The van der Waals surface area contributed by atoms with Gasteiger partial charge in [-0.15, -0.1) is 0 Å². The normalized spacial score (nSPS) is 14.4. The van der Waals surface area contributed by atoms with Crippen molar-refractivity contribution in [3.63, 3.8) is 0 Å². The molecule has 0 saturated carbocycles. The van der Waals surface area contributed by atoms with Crippen LogP contribution >= 0.6 is 0 Å². The van der Waals surface area contributed by atoms with Gasteiger partial charge < -0.3 is 14.7 Å². The number of phenols is 1. The molecule has 1 aliphatic rings. The van der Waals surface area contributed by atoms with E-state index < -0.39 is 0 Å². The Kier molecular flexibility index (Phi) is 3.90. The molecule has 0 saturated heterocycles. The fraction of sp³-hybridized carbons (Fsp3) is 0.375. The van der Waals surface area contributed by atoms with Gasteiger partial charge in [-0.2, -0.15) is 0 Å². The van der Waals surface area contributed by atoms with Crippen molar-refractivity contribution in [3.05, 3.63) is 41.7 Å². The summed E-state index contributed by atoms with van der Waals surface area (Å²) >= 11 is 0. The Morgan fingerprint density at radius 1 is 1.14 bits per heavy atom. The van der Waals surface area contributed by atoms with E-state index in [2.05, 4.69) is 14.9 Å². The smallest absolute Gasteiger partial charge is 0.218 e. The third-order valence-corrected chi connectivity index (χ3v) is 3.74. The van der Waals surface area contributed by atoms with E-state index >= 15 is 0 Å². The molecule has 0 unspecified atom stereocenters. The zero-order valence-electron chi connectivity index (χ0n) is 12.1. The van der Waals surface area contributed by atoms with Gasteiger partial charge in [0.1, 0.15) is 17.9 Å². The highest BCUT2D eigenvalue weighted by molar-refractivity contribution is 5.44. The molecule has 0 amide bonds. The summed E-state index contributed by atoms with van der Waals surface area (Å²) in [4.78, 5) is 10.7. The van der Waals surface area contributed by atoms with Gasteiger partial charge in [0.15, 0.2) is 0 Å². The fourth-order valence-corrected chi connectivity index (χ4v) is 2.67. The number of aromatic nitrogens is 2. The second kappa shape index (κ2) is 5.99. The van der Waals surface area contributed by atoms with Gasteiger partial charge in [-0.3, -0.25) is 0 Å². The summed E-state index contributed by atoms with van der Waals surface area (Å²) in [6, 6.07) is 7.52. The third kappa shape index (κ3) is 3.07. The number of phenolic OH excluding ortho intramolecular Hbond substituents is 1. The van der Waals surface area contributed by atoms with Crippen LogP contribution in [0.3, 0.4) is 0 Å². The van der Waals surface area contributed by atoms with E-state index in [1.54, 1.807) is 12.4 Å². The number of anilines is 1. The summed E-state index contributed by atoms with van der Waals surface area (Å²) in [6.45, 7) is 4.32. The van der Waals surface area contributed by atoms with Crippen molar-refractivity contribution in [2.75, 3.05) is 24.6 Å². The summed E-state index contributed by atoms with van der Waals surface area (Å²) in [5.74, 6) is 1.84. The molecule has 2 heterocycles. The lowest BCUT2D eigenvalue weighted by Gasteiger charge is -2.21. The van der Waals surface area contributed by atoms with Gasteiger partial charge in [0, 0.05) is 19.2 Å². The highest BCUT2D eigenvalue weighted by Crippen LogP contribution is 2.24. The van der Waals surface area contributed by atoms with Crippen molar-refractivity contribution in [3.8, 4) is 11.6 Å². The van der Waals surface area contributed by atoms with Crippen molar-refractivity contribution >= 4 is 5.82 Å². The minimum absolute atomic E-state index is 0.336. The van der Waals surface area contributed by atoms with Crippen LogP contribution < -0.4 is 9.64 Å². The molecule has 1 aromatic carbocycles. The highest BCUT2D eigenvalue weighted by atomic mass is 16.5. The molecular weight excluding hydrogens is 266 g/mol. The molecule has 2 aromatic rings. The number of fused-ring (bicyclic) bond motifs is 1. The second-order valence-corrected chi connectivity index (χ2v) is 5.09. The molecule has 1 N–H and O–H groups in total. The van der Waals surface area contributed by atoms with E-state index in [0.717, 1.165) is 31.7 Å². The molecule has 5 heteroatoms. The molecule has 1 aliphatic heterocycles. The topological polar surface area (TPSA) is 58.5 Å². The van der Waals surface area contributed by atoms with E-state index in [-0.39, 0.29) is 0 Å². The summed E-state index contributed by atoms with van der Waals surface area (Å²) in [7, 11) is 0. The lowest BCUT2D eigenvalue weighted by Crippen LogP contribution is -2.27. The minimum Gasteiger partial charge on any atom is -0.508 e. The standard InChI is InChI=1S/C16H19N3O2/c1-2-21-16-10-15(17-11-18-16)19-7-5-12-3-4-14(20)9-13(12)6-8-19/h3-4,9-11,20H,2,5-8H2,1H3. The molecule has 21 heavy (non-hydrogen) atoms. The fourth-order valence-electron chi connectivity index (χ4n) is 2.67. The van der Waals surface area contributed by atoms with Crippen LogP contribution in [-0.4, -0.2) is 34.8 Å². The van der Waals surface area contributed by atoms with Crippen LogP contribution in [0.25, 0.3) is 0 Å². The van der Waals surface area contributed by atoms with Crippen LogP contribution in [0.4, 0.5) is 5.82 Å². The number of benzene rings is 1. The first-order valence-electron chi connectivity index (χ1n) is 7.27. The van der Waals surface area contributed by atoms with Crippen LogP contribution in [0.15, 0.2) is 30.6 Å². The Bertz CT molecular complexity index is 631. The predicted molar refractivity (Wildman–Crippen MR) is 80.9 cm³/mol. The van der Waals surface area contributed by atoms with Crippen molar-refractivity contribution in [2.24, 2.45) is 0 Å². The van der Waals surface area contributed by atoms with E-state index in [4.69, 9.17) is 4.74 Å². The lowest BCUT2D eigenvalue weighted by atomic mass is 10.0. The van der Waals surface area contributed by atoms with Gasteiger partial charge in [0.05, 0.1) is 6.61 Å². The zero-order chi connectivity index (χ0) is 14.7. The van der Waals surface area contributed by atoms with Gasteiger partial charge in [0.25, 0.3) is 0 Å². The number of rotatable bonds is 3. The van der Waals surface area contributed by atoms with Gasteiger partial charge in [-0.25, -0.2) is 9.97 Å². The average Bonchev–Trinajstić information content (AvgIpc) is 2.70. The second-order valence-electron chi connectivity index (χ2n) is 5.09. The summed E-state index contributed by atoms with van der Waals surface area (Å²) in [6.07, 6.45) is 3.39. The molecule has 0 radical (unpaired) electrons. The maximum Gasteiger partial charge on any atom is 0.218 e. The highest BCUT2D eigenvalue weighted by Gasteiger charge is 2.16.